The van der Waals surface area contributed by atoms with Gasteiger partial charge in [-0.15, -0.1) is 0 Å². The van der Waals surface area contributed by atoms with Crippen LogP contribution >= 0.6 is 0 Å². The number of aromatic nitrogens is 4. The van der Waals surface area contributed by atoms with E-state index < -0.39 is 0 Å². The summed E-state index contributed by atoms with van der Waals surface area (Å²) in [5.41, 5.74) is 1.10. The fourth-order valence-electron chi connectivity index (χ4n) is 2.88. The van der Waals surface area contributed by atoms with Crippen LogP contribution in [0.25, 0.3) is 0 Å². The highest BCUT2D eigenvalue weighted by molar-refractivity contribution is 5.04. The molecule has 1 atom stereocenters. The van der Waals surface area contributed by atoms with Crippen LogP contribution in [0.5, 0.6) is 0 Å². The number of hydrogen-bond acceptors (Lipinski definition) is 5. The largest absolute Gasteiger partial charge is 0.339 e. The van der Waals surface area contributed by atoms with Crippen molar-refractivity contribution in [3.05, 3.63) is 29.7 Å². The van der Waals surface area contributed by atoms with Crippen molar-refractivity contribution in [3.63, 3.8) is 0 Å². The molecule has 3 heterocycles. The summed E-state index contributed by atoms with van der Waals surface area (Å²) in [4.78, 5) is 6.98. The summed E-state index contributed by atoms with van der Waals surface area (Å²) in [6.45, 7) is 10.3. The third kappa shape index (κ3) is 3.06. The fraction of sp³-hybridized carbons (Fsp3) is 0.688. The van der Waals surface area contributed by atoms with E-state index in [4.69, 9.17) is 4.52 Å². The van der Waals surface area contributed by atoms with Crippen LogP contribution in [0.15, 0.2) is 16.8 Å². The molecule has 0 bridgehead atoms. The predicted molar refractivity (Wildman–Crippen MR) is 83.4 cm³/mol. The van der Waals surface area contributed by atoms with Crippen molar-refractivity contribution in [2.45, 2.75) is 65.1 Å². The van der Waals surface area contributed by atoms with Crippen molar-refractivity contribution < 1.29 is 4.52 Å². The smallest absolute Gasteiger partial charge is 0.229 e. The van der Waals surface area contributed by atoms with E-state index in [0.717, 1.165) is 36.9 Å². The van der Waals surface area contributed by atoms with Gasteiger partial charge in [0, 0.05) is 24.7 Å². The molecule has 22 heavy (non-hydrogen) atoms. The Morgan fingerprint density at radius 3 is 2.77 bits per heavy atom. The molecule has 6 heteroatoms. The second-order valence-electron chi connectivity index (χ2n) is 6.65. The quantitative estimate of drug-likeness (QED) is 0.848. The molecule has 0 amide bonds. The maximum absolute atomic E-state index is 5.37. The van der Waals surface area contributed by atoms with Gasteiger partial charge in [-0.1, -0.05) is 19.0 Å². The van der Waals surface area contributed by atoms with E-state index in [1.807, 2.05) is 4.68 Å². The molecule has 120 valence electrons. The van der Waals surface area contributed by atoms with Crippen LogP contribution in [0.4, 0.5) is 0 Å². The van der Waals surface area contributed by atoms with Gasteiger partial charge in [-0.25, -0.2) is 0 Å². The molecule has 1 aliphatic rings. The summed E-state index contributed by atoms with van der Waals surface area (Å²) in [5.74, 6) is 1.83. The van der Waals surface area contributed by atoms with Gasteiger partial charge in [0.1, 0.15) is 0 Å². The highest BCUT2D eigenvalue weighted by Crippen LogP contribution is 2.32. The van der Waals surface area contributed by atoms with Crippen LogP contribution in [0, 0.1) is 0 Å². The van der Waals surface area contributed by atoms with Gasteiger partial charge in [0.25, 0.3) is 0 Å². The zero-order chi connectivity index (χ0) is 15.7. The topological polar surface area (TPSA) is 60.0 Å². The zero-order valence-electron chi connectivity index (χ0n) is 13.9. The van der Waals surface area contributed by atoms with Gasteiger partial charge in [0.15, 0.2) is 5.82 Å². The first-order valence-corrected chi connectivity index (χ1v) is 8.16. The molecular weight excluding hydrogens is 278 g/mol. The second kappa shape index (κ2) is 6.20. The lowest BCUT2D eigenvalue weighted by molar-refractivity contribution is 0.230. The van der Waals surface area contributed by atoms with Gasteiger partial charge in [0.05, 0.1) is 11.7 Å². The molecule has 1 saturated heterocycles. The van der Waals surface area contributed by atoms with Gasteiger partial charge in [-0.2, -0.15) is 10.1 Å². The highest BCUT2D eigenvalue weighted by Gasteiger charge is 2.30. The molecule has 0 aromatic carbocycles. The van der Waals surface area contributed by atoms with Gasteiger partial charge in [0.2, 0.25) is 5.89 Å². The number of likely N-dealkylation sites (tertiary alicyclic amines) is 1. The van der Waals surface area contributed by atoms with E-state index in [-0.39, 0.29) is 12.0 Å². The summed E-state index contributed by atoms with van der Waals surface area (Å²) in [6.07, 6.45) is 4.30. The minimum Gasteiger partial charge on any atom is -0.339 e. The monoisotopic (exact) mass is 303 g/mol. The van der Waals surface area contributed by atoms with Crippen LogP contribution in [0.3, 0.4) is 0 Å². The summed E-state index contributed by atoms with van der Waals surface area (Å²) in [6, 6.07) is 2.75. The maximum Gasteiger partial charge on any atom is 0.229 e. The van der Waals surface area contributed by atoms with Gasteiger partial charge in [-0.05, 0) is 39.3 Å². The van der Waals surface area contributed by atoms with Gasteiger partial charge in [-0.3, -0.25) is 9.58 Å². The van der Waals surface area contributed by atoms with Crippen LogP contribution in [0.2, 0.25) is 0 Å². The molecule has 0 saturated carbocycles. The Hall–Kier alpha value is -1.69. The average Bonchev–Trinajstić information content (AvgIpc) is 3.18. The van der Waals surface area contributed by atoms with E-state index in [9.17, 15) is 0 Å². The third-order valence-electron chi connectivity index (χ3n) is 4.17. The van der Waals surface area contributed by atoms with Crippen LogP contribution < -0.4 is 0 Å². The van der Waals surface area contributed by atoms with E-state index in [1.165, 1.54) is 6.42 Å². The molecule has 2 aromatic heterocycles. The average molecular weight is 303 g/mol. The molecular formula is C16H25N5O. The first kappa shape index (κ1) is 15.2. The van der Waals surface area contributed by atoms with Crippen molar-refractivity contribution in [1.82, 2.24) is 24.8 Å². The molecule has 0 radical (unpaired) electrons. The summed E-state index contributed by atoms with van der Waals surface area (Å²) < 4.78 is 7.37. The Morgan fingerprint density at radius 1 is 1.32 bits per heavy atom. The van der Waals surface area contributed by atoms with E-state index >= 15 is 0 Å². The maximum atomic E-state index is 5.37. The summed E-state index contributed by atoms with van der Waals surface area (Å²) >= 11 is 0. The van der Waals surface area contributed by atoms with Gasteiger partial charge >= 0.3 is 0 Å². The Balaban J connectivity index is 1.72. The summed E-state index contributed by atoms with van der Waals surface area (Å²) in [5, 5.41) is 8.84. The normalized spacial score (nSPS) is 19.6. The molecule has 0 unspecified atom stereocenters. The summed E-state index contributed by atoms with van der Waals surface area (Å²) in [7, 11) is 0. The molecule has 2 aromatic rings. The molecule has 3 rings (SSSR count). The molecule has 0 spiro atoms. The van der Waals surface area contributed by atoms with Crippen LogP contribution in [-0.2, 0) is 6.54 Å². The second-order valence-corrected chi connectivity index (χ2v) is 6.65. The van der Waals surface area contributed by atoms with E-state index in [2.05, 4.69) is 60.1 Å². The zero-order valence-corrected chi connectivity index (χ0v) is 13.9. The first-order chi connectivity index (χ1) is 10.5. The lowest BCUT2D eigenvalue weighted by Crippen LogP contribution is -2.24. The molecule has 0 aliphatic carbocycles. The number of nitrogens with zero attached hydrogens (tertiary/aromatic N) is 5. The van der Waals surface area contributed by atoms with Crippen LogP contribution in [-0.4, -0.2) is 31.4 Å². The van der Waals surface area contributed by atoms with Crippen molar-refractivity contribution in [2.75, 3.05) is 6.54 Å². The van der Waals surface area contributed by atoms with Gasteiger partial charge < -0.3 is 4.52 Å². The van der Waals surface area contributed by atoms with Crippen molar-refractivity contribution in [3.8, 4) is 0 Å². The number of rotatable bonds is 5. The van der Waals surface area contributed by atoms with Crippen LogP contribution in [0.1, 0.15) is 75.9 Å². The Labute approximate surface area is 131 Å². The third-order valence-corrected chi connectivity index (χ3v) is 4.17. The lowest BCUT2D eigenvalue weighted by atomic mass is 10.2. The van der Waals surface area contributed by atoms with Crippen molar-refractivity contribution in [2.24, 2.45) is 0 Å². The standard InChI is InChI=1S/C16H25N5O/c1-11(2)16-17-15(19-22-16)14-6-5-8-20(14)10-13-7-9-21(18-13)12(3)4/h7,9,11-12,14H,5-6,8,10H2,1-4H3/t14-/m0/s1. The first-order valence-electron chi connectivity index (χ1n) is 8.16. The molecule has 0 N–H and O–H groups in total. The predicted octanol–water partition coefficient (Wildman–Crippen LogP) is 3.31. The van der Waals surface area contributed by atoms with E-state index in [0.29, 0.717) is 6.04 Å². The van der Waals surface area contributed by atoms with Crippen molar-refractivity contribution in [1.29, 1.82) is 0 Å². The Morgan fingerprint density at radius 2 is 2.14 bits per heavy atom. The molecule has 1 aliphatic heterocycles. The van der Waals surface area contributed by atoms with E-state index in [1.54, 1.807) is 0 Å². The Bertz CT molecular complexity index is 616. The highest BCUT2D eigenvalue weighted by atomic mass is 16.5. The van der Waals surface area contributed by atoms with Crippen molar-refractivity contribution >= 4 is 0 Å². The SMILES string of the molecule is CC(C)c1nc([C@@H]2CCCN2Cc2ccn(C(C)C)n2)no1. The minimum absolute atomic E-state index is 0.250. The fourth-order valence-corrected chi connectivity index (χ4v) is 2.88. The molecule has 6 nitrogen and oxygen atoms in total. The Kier molecular flexibility index (Phi) is 4.29. The number of hydrogen-bond donors (Lipinski definition) is 0. The molecule has 1 fully saturated rings. The lowest BCUT2D eigenvalue weighted by Gasteiger charge is -2.20. The minimum atomic E-state index is 0.250.